The highest BCUT2D eigenvalue weighted by molar-refractivity contribution is 5.71. The standard InChI is InChI=1S/C71H120O6/c1-4-7-10-13-16-19-22-24-26-28-29-30-31-32-33-34-35-36-37-38-39-40-41-43-44-46-49-52-55-58-61-64-70(73)76-67-68(66-75-69(72)63-60-57-54-51-48-21-18-15-12-9-6-3)77-71(74)65-62-59-56-53-50-47-45-42-27-25-23-20-17-14-11-8-5-2/h7,10,16-17,19-20,24-27,29-30,32-33,35-36,38-39,68H,4-6,8-9,11-15,18,21-23,28,31,34,37,40-67H2,1-3H3/b10-7-,19-16-,20-17-,26-24-,27-25-,30-29-,33-32-,36-35-,39-38-. The molecule has 0 spiro atoms. The molecule has 0 aromatic rings. The van der Waals surface area contributed by atoms with Crippen molar-refractivity contribution in [3.05, 3.63) is 109 Å². The van der Waals surface area contributed by atoms with Gasteiger partial charge in [0.2, 0.25) is 0 Å². The van der Waals surface area contributed by atoms with E-state index in [9.17, 15) is 14.4 Å². The molecule has 0 N–H and O–H groups in total. The van der Waals surface area contributed by atoms with Crippen molar-refractivity contribution < 1.29 is 28.6 Å². The molecule has 0 aliphatic heterocycles. The summed E-state index contributed by atoms with van der Waals surface area (Å²) in [6, 6.07) is 0. The second-order valence-electron chi connectivity index (χ2n) is 21.3. The summed E-state index contributed by atoms with van der Waals surface area (Å²) < 4.78 is 16.9. The van der Waals surface area contributed by atoms with Gasteiger partial charge in [-0.15, -0.1) is 0 Å². The number of allylic oxidation sites excluding steroid dienone is 18. The Morgan fingerprint density at radius 1 is 0.273 bits per heavy atom. The van der Waals surface area contributed by atoms with E-state index in [0.717, 1.165) is 122 Å². The molecule has 0 radical (unpaired) electrons. The van der Waals surface area contributed by atoms with Crippen molar-refractivity contribution in [3.63, 3.8) is 0 Å². The Hall–Kier alpha value is -3.93. The molecule has 0 saturated carbocycles. The van der Waals surface area contributed by atoms with E-state index in [0.29, 0.717) is 19.3 Å². The van der Waals surface area contributed by atoms with Gasteiger partial charge in [0.05, 0.1) is 0 Å². The van der Waals surface area contributed by atoms with E-state index in [1.807, 2.05) is 0 Å². The first kappa shape index (κ1) is 73.1. The summed E-state index contributed by atoms with van der Waals surface area (Å²) in [6.45, 7) is 6.50. The smallest absolute Gasteiger partial charge is 0.306 e. The SMILES string of the molecule is CC/C=C\C/C=C\C/C=C\C/C=C\C/C=C\C/C=C\C/C=C\CCCCCCCCCCCC(=O)OCC(COC(=O)CCCCCCCCCCCCC)OC(=O)CCCCCCCCC/C=C\C/C=C\CCCCC. The van der Waals surface area contributed by atoms with Crippen LogP contribution >= 0.6 is 0 Å². The van der Waals surface area contributed by atoms with Gasteiger partial charge in [0.25, 0.3) is 0 Å². The Kier molecular flexibility index (Phi) is 61.3. The van der Waals surface area contributed by atoms with Gasteiger partial charge in [-0.2, -0.15) is 0 Å². The van der Waals surface area contributed by atoms with Crippen LogP contribution in [0, 0.1) is 0 Å². The van der Waals surface area contributed by atoms with Crippen molar-refractivity contribution in [2.24, 2.45) is 0 Å². The number of hydrogen-bond acceptors (Lipinski definition) is 6. The Balaban J connectivity index is 4.25. The Bertz CT molecular complexity index is 1560. The van der Waals surface area contributed by atoms with Crippen molar-refractivity contribution in [1.29, 1.82) is 0 Å². The molecule has 6 nitrogen and oxygen atoms in total. The van der Waals surface area contributed by atoms with Gasteiger partial charge in [0, 0.05) is 19.3 Å². The van der Waals surface area contributed by atoms with Crippen LogP contribution in [0.1, 0.15) is 303 Å². The fourth-order valence-electron chi connectivity index (χ4n) is 8.92. The van der Waals surface area contributed by atoms with Gasteiger partial charge in [-0.05, 0) is 109 Å². The molecule has 0 aromatic carbocycles. The molecule has 1 unspecified atom stereocenters. The molecule has 440 valence electrons. The first-order valence-corrected chi connectivity index (χ1v) is 32.4. The lowest BCUT2D eigenvalue weighted by atomic mass is 10.1. The van der Waals surface area contributed by atoms with Crippen molar-refractivity contribution >= 4 is 17.9 Å². The van der Waals surface area contributed by atoms with Gasteiger partial charge >= 0.3 is 17.9 Å². The maximum Gasteiger partial charge on any atom is 0.306 e. The van der Waals surface area contributed by atoms with Crippen LogP contribution in [-0.2, 0) is 28.6 Å². The fraction of sp³-hybridized carbons (Fsp3) is 0.704. The van der Waals surface area contributed by atoms with Crippen molar-refractivity contribution in [2.45, 2.75) is 309 Å². The zero-order chi connectivity index (χ0) is 55.7. The van der Waals surface area contributed by atoms with Crippen LogP contribution in [-0.4, -0.2) is 37.2 Å². The molecular formula is C71H120O6. The number of carbonyl (C=O) groups is 3. The third-order valence-corrected chi connectivity index (χ3v) is 13.8. The predicted octanol–water partition coefficient (Wildman–Crippen LogP) is 22.2. The van der Waals surface area contributed by atoms with E-state index >= 15 is 0 Å². The molecule has 0 saturated heterocycles. The van der Waals surface area contributed by atoms with Gasteiger partial charge in [-0.25, -0.2) is 0 Å². The third-order valence-electron chi connectivity index (χ3n) is 13.8. The monoisotopic (exact) mass is 1070 g/mol. The van der Waals surface area contributed by atoms with Crippen molar-refractivity contribution in [1.82, 2.24) is 0 Å². The molecule has 0 aliphatic rings. The number of unbranched alkanes of at least 4 members (excludes halogenated alkanes) is 29. The summed E-state index contributed by atoms with van der Waals surface area (Å²) in [5, 5.41) is 0. The molecule has 0 bridgehead atoms. The highest BCUT2D eigenvalue weighted by Crippen LogP contribution is 2.16. The van der Waals surface area contributed by atoms with Crippen LogP contribution < -0.4 is 0 Å². The van der Waals surface area contributed by atoms with Crippen LogP contribution in [0.2, 0.25) is 0 Å². The molecular weight excluding hydrogens is 949 g/mol. The minimum absolute atomic E-state index is 0.0808. The molecule has 0 rings (SSSR count). The van der Waals surface area contributed by atoms with E-state index in [2.05, 4.69) is 130 Å². The number of ether oxygens (including phenoxy) is 3. The highest BCUT2D eigenvalue weighted by atomic mass is 16.6. The van der Waals surface area contributed by atoms with Gasteiger partial charge in [-0.3, -0.25) is 14.4 Å². The minimum Gasteiger partial charge on any atom is -0.462 e. The summed E-state index contributed by atoms with van der Waals surface area (Å²) in [5.41, 5.74) is 0. The average Bonchev–Trinajstić information content (AvgIpc) is 3.43. The predicted molar refractivity (Wildman–Crippen MR) is 334 cm³/mol. The lowest BCUT2D eigenvalue weighted by Gasteiger charge is -2.18. The van der Waals surface area contributed by atoms with Crippen LogP contribution in [0.3, 0.4) is 0 Å². The fourth-order valence-corrected chi connectivity index (χ4v) is 8.92. The molecule has 1 atom stereocenters. The molecule has 0 heterocycles. The third kappa shape index (κ3) is 62.8. The van der Waals surface area contributed by atoms with E-state index in [-0.39, 0.29) is 31.1 Å². The summed E-state index contributed by atoms with van der Waals surface area (Å²) in [7, 11) is 0. The largest absolute Gasteiger partial charge is 0.462 e. The quantitative estimate of drug-likeness (QED) is 0.0261. The molecule has 6 heteroatoms. The van der Waals surface area contributed by atoms with E-state index in [1.54, 1.807) is 0 Å². The first-order valence-electron chi connectivity index (χ1n) is 32.4. The van der Waals surface area contributed by atoms with Crippen LogP contribution in [0.25, 0.3) is 0 Å². The zero-order valence-corrected chi connectivity index (χ0v) is 50.4. The molecule has 0 fully saturated rings. The maximum absolute atomic E-state index is 12.9. The molecule has 0 amide bonds. The first-order chi connectivity index (χ1) is 38.0. The normalized spacial score (nSPS) is 12.8. The lowest BCUT2D eigenvalue weighted by molar-refractivity contribution is -0.167. The van der Waals surface area contributed by atoms with Crippen LogP contribution in [0.5, 0.6) is 0 Å². The van der Waals surface area contributed by atoms with Crippen LogP contribution in [0.15, 0.2) is 109 Å². The van der Waals surface area contributed by atoms with Gasteiger partial charge < -0.3 is 14.2 Å². The number of hydrogen-bond donors (Lipinski definition) is 0. The molecule has 77 heavy (non-hydrogen) atoms. The minimum atomic E-state index is -0.784. The Labute approximate surface area is 476 Å². The number of rotatable bonds is 58. The van der Waals surface area contributed by atoms with E-state index < -0.39 is 6.10 Å². The summed E-state index contributed by atoms with van der Waals surface area (Å²) in [4.78, 5) is 38.2. The zero-order valence-electron chi connectivity index (χ0n) is 50.4. The van der Waals surface area contributed by atoms with E-state index in [1.165, 1.54) is 141 Å². The second kappa shape index (κ2) is 64.6. The topological polar surface area (TPSA) is 78.9 Å². The Morgan fingerprint density at radius 3 is 0.818 bits per heavy atom. The van der Waals surface area contributed by atoms with Gasteiger partial charge in [0.15, 0.2) is 6.10 Å². The van der Waals surface area contributed by atoms with Gasteiger partial charge in [0.1, 0.15) is 13.2 Å². The Morgan fingerprint density at radius 2 is 0.506 bits per heavy atom. The second-order valence-corrected chi connectivity index (χ2v) is 21.3. The molecule has 0 aliphatic carbocycles. The lowest BCUT2D eigenvalue weighted by Crippen LogP contribution is -2.30. The maximum atomic E-state index is 12.9. The average molecular weight is 1070 g/mol. The van der Waals surface area contributed by atoms with E-state index in [4.69, 9.17) is 14.2 Å². The number of carbonyl (C=O) groups excluding carboxylic acids is 3. The highest BCUT2D eigenvalue weighted by Gasteiger charge is 2.19. The van der Waals surface area contributed by atoms with Crippen molar-refractivity contribution in [2.75, 3.05) is 13.2 Å². The van der Waals surface area contributed by atoms with Gasteiger partial charge in [-0.1, -0.05) is 284 Å². The van der Waals surface area contributed by atoms with Crippen LogP contribution in [0.4, 0.5) is 0 Å². The summed E-state index contributed by atoms with van der Waals surface area (Å²) in [6.07, 6.45) is 88.1. The summed E-state index contributed by atoms with van der Waals surface area (Å²) >= 11 is 0. The van der Waals surface area contributed by atoms with Crippen molar-refractivity contribution in [3.8, 4) is 0 Å². The molecule has 0 aromatic heterocycles. The summed E-state index contributed by atoms with van der Waals surface area (Å²) in [5.74, 6) is -0.888. The number of esters is 3.